The molecule has 0 aliphatic carbocycles. The number of carbonyl (C=O) groups excluding carboxylic acids is 1. The predicted molar refractivity (Wildman–Crippen MR) is 92.8 cm³/mol. The van der Waals surface area contributed by atoms with Crippen LogP contribution in [0.3, 0.4) is 0 Å². The number of carbonyl (C=O) groups is 1. The van der Waals surface area contributed by atoms with Gasteiger partial charge in [-0.2, -0.15) is 0 Å². The summed E-state index contributed by atoms with van der Waals surface area (Å²) >= 11 is 8.10. The highest BCUT2D eigenvalue weighted by molar-refractivity contribution is 14.1. The van der Waals surface area contributed by atoms with Crippen molar-refractivity contribution in [3.05, 3.63) is 56.4 Å². The van der Waals surface area contributed by atoms with Gasteiger partial charge in [0.05, 0.1) is 22.0 Å². The molecule has 0 heterocycles. The summed E-state index contributed by atoms with van der Waals surface area (Å²) in [6, 6.07) is 9.35. The van der Waals surface area contributed by atoms with Crippen LogP contribution in [0.1, 0.15) is 10.4 Å². The second-order valence-electron chi connectivity index (χ2n) is 4.61. The van der Waals surface area contributed by atoms with Gasteiger partial charge in [0.1, 0.15) is 5.82 Å². The number of rotatable bonds is 3. The van der Waals surface area contributed by atoms with Crippen molar-refractivity contribution in [2.45, 2.75) is 0 Å². The fraction of sp³-hybridized carbons (Fsp3) is 0.133. The Hall–Kier alpha value is -1.34. The highest BCUT2D eigenvalue weighted by Gasteiger charge is 2.15. The highest BCUT2D eigenvalue weighted by Crippen LogP contribution is 2.32. The standard InChI is InChI=1S/C15H13ClFIN2O/c1-20(2)14-11(16)4-3-5-13(14)19-15(21)10-7-6-9(17)8-12(10)18/h3-8H,1-2H3,(H,19,21). The minimum absolute atomic E-state index is 0.301. The third-order valence-electron chi connectivity index (χ3n) is 2.86. The highest BCUT2D eigenvalue weighted by atomic mass is 127. The first-order chi connectivity index (χ1) is 9.90. The molecule has 0 radical (unpaired) electrons. The second kappa shape index (κ2) is 6.62. The summed E-state index contributed by atoms with van der Waals surface area (Å²) in [4.78, 5) is 14.2. The molecular formula is C15H13ClFIN2O. The Kier molecular flexibility index (Phi) is 5.05. The van der Waals surface area contributed by atoms with Crippen LogP contribution in [0.15, 0.2) is 36.4 Å². The van der Waals surface area contributed by atoms with E-state index in [1.54, 1.807) is 18.2 Å². The van der Waals surface area contributed by atoms with E-state index in [2.05, 4.69) is 5.32 Å². The van der Waals surface area contributed by atoms with Gasteiger partial charge in [-0.05, 0) is 52.9 Å². The van der Waals surface area contributed by atoms with Gasteiger partial charge in [-0.25, -0.2) is 4.39 Å². The summed E-state index contributed by atoms with van der Waals surface area (Å²) in [5.41, 5.74) is 1.75. The zero-order chi connectivity index (χ0) is 15.6. The van der Waals surface area contributed by atoms with E-state index in [1.807, 2.05) is 41.6 Å². The molecule has 2 aromatic carbocycles. The first-order valence-electron chi connectivity index (χ1n) is 6.12. The molecule has 21 heavy (non-hydrogen) atoms. The van der Waals surface area contributed by atoms with E-state index in [-0.39, 0.29) is 11.7 Å². The Morgan fingerprint density at radius 1 is 1.29 bits per heavy atom. The molecule has 0 aliphatic rings. The van der Waals surface area contributed by atoms with Crippen molar-refractivity contribution in [1.82, 2.24) is 0 Å². The second-order valence-corrected chi connectivity index (χ2v) is 6.18. The first-order valence-corrected chi connectivity index (χ1v) is 7.58. The van der Waals surface area contributed by atoms with E-state index < -0.39 is 0 Å². The number of amides is 1. The van der Waals surface area contributed by atoms with E-state index in [1.165, 1.54) is 18.2 Å². The fourth-order valence-corrected chi connectivity index (χ4v) is 3.00. The molecule has 3 nitrogen and oxygen atoms in total. The number of hydrogen-bond donors (Lipinski definition) is 1. The van der Waals surface area contributed by atoms with Gasteiger partial charge < -0.3 is 10.2 Å². The topological polar surface area (TPSA) is 32.3 Å². The van der Waals surface area contributed by atoms with Gasteiger partial charge in [-0.1, -0.05) is 17.7 Å². The van der Waals surface area contributed by atoms with Crippen LogP contribution in [-0.2, 0) is 0 Å². The molecule has 6 heteroatoms. The molecular weight excluding hydrogens is 406 g/mol. The Morgan fingerprint density at radius 2 is 2.00 bits per heavy atom. The Labute approximate surface area is 141 Å². The van der Waals surface area contributed by atoms with Crippen LogP contribution in [-0.4, -0.2) is 20.0 Å². The average Bonchev–Trinajstić information content (AvgIpc) is 2.37. The molecule has 1 N–H and O–H groups in total. The molecule has 0 saturated carbocycles. The molecule has 0 bridgehead atoms. The summed E-state index contributed by atoms with van der Waals surface area (Å²) in [5, 5.41) is 3.36. The Bertz CT molecular complexity index is 691. The molecule has 0 spiro atoms. The van der Waals surface area contributed by atoms with Gasteiger partial charge in [-0.3, -0.25) is 4.79 Å². The molecule has 0 saturated heterocycles. The van der Waals surface area contributed by atoms with Gasteiger partial charge in [-0.15, -0.1) is 0 Å². The van der Waals surface area contributed by atoms with Crippen LogP contribution in [0.2, 0.25) is 5.02 Å². The lowest BCUT2D eigenvalue weighted by Gasteiger charge is -2.19. The van der Waals surface area contributed by atoms with E-state index in [9.17, 15) is 9.18 Å². The molecule has 110 valence electrons. The number of halogens is 3. The maximum absolute atomic E-state index is 13.1. The summed E-state index contributed by atoms with van der Waals surface area (Å²) in [6.45, 7) is 0. The minimum atomic E-state index is -0.368. The quantitative estimate of drug-likeness (QED) is 0.749. The van der Waals surface area contributed by atoms with Crippen LogP contribution in [0.4, 0.5) is 15.8 Å². The Morgan fingerprint density at radius 3 is 2.62 bits per heavy atom. The van der Waals surface area contributed by atoms with Gasteiger partial charge in [0.15, 0.2) is 0 Å². The lowest BCUT2D eigenvalue weighted by molar-refractivity contribution is 0.102. The van der Waals surface area contributed by atoms with E-state index in [0.29, 0.717) is 19.8 Å². The fourth-order valence-electron chi connectivity index (χ4n) is 1.93. The maximum atomic E-state index is 13.1. The summed E-state index contributed by atoms with van der Waals surface area (Å²) < 4.78 is 13.7. The zero-order valence-corrected chi connectivity index (χ0v) is 14.4. The van der Waals surface area contributed by atoms with Crippen LogP contribution in [0, 0.1) is 9.39 Å². The lowest BCUT2D eigenvalue weighted by Crippen LogP contribution is -2.18. The van der Waals surface area contributed by atoms with Crippen LogP contribution >= 0.6 is 34.2 Å². The minimum Gasteiger partial charge on any atom is -0.375 e. The molecule has 0 unspecified atom stereocenters. The van der Waals surface area contributed by atoms with Gasteiger partial charge in [0.25, 0.3) is 5.91 Å². The molecule has 0 aromatic heterocycles. The van der Waals surface area contributed by atoms with Gasteiger partial charge in [0.2, 0.25) is 0 Å². The number of nitrogens with zero attached hydrogens (tertiary/aromatic N) is 1. The Balaban J connectivity index is 2.34. The number of hydrogen-bond acceptors (Lipinski definition) is 2. The summed E-state index contributed by atoms with van der Waals surface area (Å²) in [6.07, 6.45) is 0. The number of benzene rings is 2. The number of para-hydroxylation sites is 1. The monoisotopic (exact) mass is 418 g/mol. The van der Waals surface area contributed by atoms with E-state index in [0.717, 1.165) is 5.69 Å². The SMILES string of the molecule is CN(C)c1c(Cl)cccc1NC(=O)c1ccc(F)cc1I. The molecule has 0 fully saturated rings. The molecule has 1 amide bonds. The average molecular weight is 419 g/mol. The van der Waals surface area contributed by atoms with Crippen LogP contribution in [0.25, 0.3) is 0 Å². The molecule has 0 atom stereocenters. The van der Waals surface area contributed by atoms with E-state index in [4.69, 9.17) is 11.6 Å². The summed E-state index contributed by atoms with van der Waals surface area (Å²) in [7, 11) is 3.69. The maximum Gasteiger partial charge on any atom is 0.256 e. The van der Waals surface area contributed by atoms with Crippen molar-refractivity contribution in [3.63, 3.8) is 0 Å². The largest absolute Gasteiger partial charge is 0.375 e. The molecule has 0 aliphatic heterocycles. The third kappa shape index (κ3) is 3.65. The van der Waals surface area contributed by atoms with Crippen molar-refractivity contribution in [2.24, 2.45) is 0 Å². The van der Waals surface area contributed by atoms with Crippen molar-refractivity contribution in [2.75, 3.05) is 24.3 Å². The molecule has 2 aromatic rings. The predicted octanol–water partition coefficient (Wildman–Crippen LogP) is 4.40. The summed E-state index contributed by atoms with van der Waals surface area (Å²) in [5.74, 6) is -0.669. The van der Waals surface area contributed by atoms with Gasteiger partial charge >= 0.3 is 0 Å². The first kappa shape index (κ1) is 16.0. The van der Waals surface area contributed by atoms with Crippen molar-refractivity contribution in [1.29, 1.82) is 0 Å². The number of nitrogens with one attached hydrogen (secondary N) is 1. The van der Waals surface area contributed by atoms with E-state index >= 15 is 0 Å². The molecule has 2 rings (SSSR count). The smallest absolute Gasteiger partial charge is 0.256 e. The zero-order valence-electron chi connectivity index (χ0n) is 11.5. The normalized spacial score (nSPS) is 10.3. The van der Waals surface area contributed by atoms with Crippen LogP contribution < -0.4 is 10.2 Å². The van der Waals surface area contributed by atoms with Crippen molar-refractivity contribution < 1.29 is 9.18 Å². The number of anilines is 2. The third-order valence-corrected chi connectivity index (χ3v) is 4.06. The van der Waals surface area contributed by atoms with Crippen LogP contribution in [0.5, 0.6) is 0 Å². The van der Waals surface area contributed by atoms with Crippen molar-refractivity contribution >= 4 is 51.5 Å². The van der Waals surface area contributed by atoms with Crippen molar-refractivity contribution in [3.8, 4) is 0 Å². The van der Waals surface area contributed by atoms with Gasteiger partial charge in [0, 0.05) is 17.7 Å². The lowest BCUT2D eigenvalue weighted by atomic mass is 10.2.